The summed E-state index contributed by atoms with van der Waals surface area (Å²) in [7, 11) is 0. The van der Waals surface area contributed by atoms with E-state index >= 15 is 0 Å². The molecule has 232 valence electrons. The van der Waals surface area contributed by atoms with Gasteiger partial charge in [-0.25, -0.2) is 4.79 Å². The Balaban J connectivity index is 1.27. The topological polar surface area (TPSA) is 35.5 Å². The molecule has 0 bridgehead atoms. The molecule has 0 amide bonds. The number of hydrogen-bond donors (Lipinski definition) is 0. The first kappa shape index (κ1) is 31.3. The van der Waals surface area contributed by atoms with Gasteiger partial charge in [-0.3, -0.25) is 0 Å². The van der Waals surface area contributed by atoms with Crippen LogP contribution in [0.5, 0.6) is 0 Å². The Morgan fingerprint density at radius 1 is 0.761 bits per heavy atom. The second-order valence-corrected chi connectivity index (χ2v) is 12.5. The highest BCUT2D eigenvalue weighted by Crippen LogP contribution is 2.45. The first-order chi connectivity index (χ1) is 22.4. The lowest BCUT2D eigenvalue weighted by Gasteiger charge is -2.37. The summed E-state index contributed by atoms with van der Waals surface area (Å²) >= 11 is 0. The Hall–Kier alpha value is -4.73. The number of carbonyl (C=O) groups is 1. The van der Waals surface area contributed by atoms with Gasteiger partial charge in [0.15, 0.2) is 0 Å². The molecule has 5 aromatic carbocycles. The maximum Gasteiger partial charge on any atom is 0.332 e. The van der Waals surface area contributed by atoms with Crippen molar-refractivity contribution in [2.75, 3.05) is 6.61 Å². The van der Waals surface area contributed by atoms with Crippen LogP contribution < -0.4 is 0 Å². The van der Waals surface area contributed by atoms with Crippen LogP contribution in [0, 0.1) is 0 Å². The molecule has 0 saturated heterocycles. The van der Waals surface area contributed by atoms with Crippen molar-refractivity contribution in [2.24, 2.45) is 0 Å². The highest BCUT2D eigenvalue weighted by molar-refractivity contribution is 5.83. The van der Waals surface area contributed by atoms with E-state index in [4.69, 9.17) is 9.47 Å². The van der Waals surface area contributed by atoms with E-state index in [-0.39, 0.29) is 19.2 Å². The number of ether oxygens (including phenoxy) is 2. The molecule has 1 atom stereocenters. The average molecular weight is 607 g/mol. The van der Waals surface area contributed by atoms with E-state index in [1.54, 1.807) is 0 Å². The van der Waals surface area contributed by atoms with Gasteiger partial charge in [-0.2, -0.15) is 0 Å². The van der Waals surface area contributed by atoms with Crippen LogP contribution >= 0.6 is 0 Å². The minimum absolute atomic E-state index is 0.128. The molecule has 5 aromatic rings. The number of fused-ring (bicyclic) bond motifs is 1. The van der Waals surface area contributed by atoms with Crippen molar-refractivity contribution < 1.29 is 14.3 Å². The van der Waals surface area contributed by atoms with E-state index in [0.717, 1.165) is 24.0 Å². The van der Waals surface area contributed by atoms with Gasteiger partial charge in [0.1, 0.15) is 18.8 Å². The summed E-state index contributed by atoms with van der Waals surface area (Å²) in [5, 5.41) is 2.53. The van der Waals surface area contributed by atoms with Crippen LogP contribution in [0.15, 0.2) is 139 Å². The standard InChI is InChI=1S/C43H42O3/c1-4-35-28-43(41-20-11-10-19-39(41)31(2)3,46-30-42(44)45-29-32-13-6-5-7-14-32)24-23-40(35)38-18-12-15-33(27-38)25-34-21-22-36-16-8-9-17-37(36)26-34/h5-24,26-27,31H,4,25,28-30H2,1-3H3. The van der Waals surface area contributed by atoms with E-state index in [1.807, 2.05) is 30.3 Å². The molecule has 6 rings (SSSR count). The molecule has 1 aliphatic rings. The summed E-state index contributed by atoms with van der Waals surface area (Å²) in [5.74, 6) is -0.0646. The summed E-state index contributed by atoms with van der Waals surface area (Å²) in [6.45, 7) is 6.72. The van der Waals surface area contributed by atoms with Gasteiger partial charge in [0.05, 0.1) is 0 Å². The molecule has 0 aromatic heterocycles. The number of rotatable bonds is 11. The van der Waals surface area contributed by atoms with Crippen molar-refractivity contribution >= 4 is 22.3 Å². The molecule has 0 heterocycles. The van der Waals surface area contributed by atoms with Gasteiger partial charge in [0.25, 0.3) is 0 Å². The summed E-state index contributed by atoms with van der Waals surface area (Å²) in [6.07, 6.45) is 6.80. The van der Waals surface area contributed by atoms with E-state index in [2.05, 4.69) is 124 Å². The van der Waals surface area contributed by atoms with Crippen LogP contribution in [-0.2, 0) is 32.9 Å². The molecule has 3 heteroatoms. The minimum atomic E-state index is -0.774. The summed E-state index contributed by atoms with van der Waals surface area (Å²) in [4.78, 5) is 13.0. The number of allylic oxidation sites excluding steroid dienone is 2. The maximum atomic E-state index is 13.0. The van der Waals surface area contributed by atoms with Crippen LogP contribution in [0.3, 0.4) is 0 Å². The predicted octanol–water partition coefficient (Wildman–Crippen LogP) is 10.3. The van der Waals surface area contributed by atoms with Crippen LogP contribution in [0.25, 0.3) is 16.3 Å². The van der Waals surface area contributed by atoms with E-state index in [9.17, 15) is 4.79 Å². The molecule has 0 spiro atoms. The summed E-state index contributed by atoms with van der Waals surface area (Å²) in [5.41, 5.74) is 8.84. The molecule has 1 aliphatic carbocycles. The third kappa shape index (κ3) is 7.06. The largest absolute Gasteiger partial charge is 0.459 e. The maximum absolute atomic E-state index is 13.0. The van der Waals surface area contributed by atoms with E-state index in [1.165, 1.54) is 44.2 Å². The van der Waals surface area contributed by atoms with Gasteiger partial charge in [0.2, 0.25) is 0 Å². The lowest BCUT2D eigenvalue weighted by molar-refractivity contribution is -0.155. The molecule has 46 heavy (non-hydrogen) atoms. The van der Waals surface area contributed by atoms with Crippen molar-refractivity contribution in [1.29, 1.82) is 0 Å². The molecular formula is C43H42O3. The summed E-state index contributed by atoms with van der Waals surface area (Å²) < 4.78 is 12.3. The Morgan fingerprint density at radius 2 is 1.48 bits per heavy atom. The van der Waals surface area contributed by atoms with E-state index in [0.29, 0.717) is 12.3 Å². The first-order valence-corrected chi connectivity index (χ1v) is 16.4. The summed E-state index contributed by atoms with van der Waals surface area (Å²) in [6, 6.07) is 42.4. The van der Waals surface area contributed by atoms with E-state index < -0.39 is 5.60 Å². The number of esters is 1. The normalized spacial score (nSPS) is 16.3. The zero-order chi connectivity index (χ0) is 31.9. The molecule has 0 saturated carbocycles. The molecule has 0 N–H and O–H groups in total. The van der Waals surface area contributed by atoms with Gasteiger partial charge in [-0.05, 0) is 74.6 Å². The van der Waals surface area contributed by atoms with Crippen LogP contribution in [0.1, 0.15) is 72.9 Å². The Bertz CT molecular complexity index is 1880. The number of benzene rings is 5. The zero-order valence-electron chi connectivity index (χ0n) is 27.0. The Labute approximate surface area is 273 Å². The first-order valence-electron chi connectivity index (χ1n) is 16.4. The fraction of sp³-hybridized carbons (Fsp3) is 0.233. The molecule has 0 fully saturated rings. The average Bonchev–Trinajstić information content (AvgIpc) is 3.10. The van der Waals surface area contributed by atoms with Crippen molar-refractivity contribution in [3.63, 3.8) is 0 Å². The highest BCUT2D eigenvalue weighted by atomic mass is 16.6. The van der Waals surface area contributed by atoms with Crippen LogP contribution in [-0.4, -0.2) is 12.6 Å². The van der Waals surface area contributed by atoms with Crippen molar-refractivity contribution in [2.45, 2.75) is 58.2 Å². The second-order valence-electron chi connectivity index (χ2n) is 12.5. The van der Waals surface area contributed by atoms with Crippen molar-refractivity contribution in [1.82, 2.24) is 0 Å². The van der Waals surface area contributed by atoms with Gasteiger partial charge in [-0.15, -0.1) is 0 Å². The van der Waals surface area contributed by atoms with Crippen molar-refractivity contribution in [3.8, 4) is 0 Å². The highest BCUT2D eigenvalue weighted by Gasteiger charge is 2.37. The third-order valence-corrected chi connectivity index (χ3v) is 8.99. The van der Waals surface area contributed by atoms with Gasteiger partial charge < -0.3 is 9.47 Å². The molecule has 3 nitrogen and oxygen atoms in total. The lowest BCUT2D eigenvalue weighted by atomic mass is 9.75. The number of hydrogen-bond acceptors (Lipinski definition) is 3. The molecule has 1 unspecified atom stereocenters. The zero-order valence-corrected chi connectivity index (χ0v) is 27.0. The van der Waals surface area contributed by atoms with Gasteiger partial charge in [-0.1, -0.05) is 154 Å². The third-order valence-electron chi connectivity index (χ3n) is 8.99. The van der Waals surface area contributed by atoms with Crippen molar-refractivity contribution in [3.05, 3.63) is 172 Å². The minimum Gasteiger partial charge on any atom is -0.459 e. The second kappa shape index (κ2) is 14.1. The smallest absolute Gasteiger partial charge is 0.332 e. The fourth-order valence-corrected chi connectivity index (χ4v) is 6.57. The van der Waals surface area contributed by atoms with Gasteiger partial charge >= 0.3 is 5.97 Å². The predicted molar refractivity (Wildman–Crippen MR) is 189 cm³/mol. The molecular weight excluding hydrogens is 564 g/mol. The Kier molecular flexibility index (Phi) is 9.61. The monoisotopic (exact) mass is 606 g/mol. The SMILES string of the molecule is CCC1=C(c2cccc(Cc3ccc4ccccc4c3)c2)C=CC(OCC(=O)OCc2ccccc2)(c2ccccc2C(C)C)C1. The molecule has 0 radical (unpaired) electrons. The van der Waals surface area contributed by atoms with Gasteiger partial charge in [0, 0.05) is 6.42 Å². The lowest BCUT2D eigenvalue weighted by Crippen LogP contribution is -2.34. The quantitative estimate of drug-likeness (QED) is 0.140. The molecule has 0 aliphatic heterocycles. The Morgan fingerprint density at radius 3 is 2.28 bits per heavy atom. The van der Waals surface area contributed by atoms with Crippen LogP contribution in [0.4, 0.5) is 0 Å². The van der Waals surface area contributed by atoms with Crippen LogP contribution in [0.2, 0.25) is 0 Å². The fourth-order valence-electron chi connectivity index (χ4n) is 6.57. The number of carbonyl (C=O) groups excluding carboxylic acids is 1.